The van der Waals surface area contributed by atoms with Crippen LogP contribution in [-0.2, 0) is 6.42 Å². The Bertz CT molecular complexity index is 1020. The van der Waals surface area contributed by atoms with Gasteiger partial charge in [0.2, 0.25) is 0 Å². The molecule has 2 aromatic rings. The van der Waals surface area contributed by atoms with Crippen molar-refractivity contribution < 1.29 is 14.4 Å². The predicted octanol–water partition coefficient (Wildman–Crippen LogP) is 4.35. The molecule has 2 aromatic carbocycles. The second-order valence-corrected chi connectivity index (χ2v) is 9.10. The molecular formula is C21H21FN4O2S. The van der Waals surface area contributed by atoms with Gasteiger partial charge in [-0.15, -0.1) is 0 Å². The molecule has 2 aliphatic heterocycles. The topological polar surface area (TPSA) is 77.3 Å². The molecule has 2 heterocycles. The van der Waals surface area contributed by atoms with Crippen molar-refractivity contribution in [3.63, 3.8) is 0 Å². The van der Waals surface area contributed by atoms with Gasteiger partial charge in [-0.25, -0.2) is 9.82 Å². The summed E-state index contributed by atoms with van der Waals surface area (Å²) in [6, 6.07) is 11.9. The Morgan fingerprint density at radius 1 is 1.28 bits per heavy atom. The number of oxime groups is 1. The number of amides is 1. The number of thioether (sulfide) groups is 1. The lowest BCUT2D eigenvalue weighted by molar-refractivity contribution is 0.260. The molecule has 0 saturated heterocycles. The maximum atomic E-state index is 13.3. The average molecular weight is 412 g/mol. The molecule has 6 nitrogen and oxygen atoms in total. The SMILES string of the molecule is CC1(C)SC(=O)NN=C1c1ccc2c(c1)CCCN2C(=NO)c1ccc(F)cc1. The third-order valence-electron chi connectivity index (χ3n) is 5.10. The van der Waals surface area contributed by atoms with Crippen molar-refractivity contribution in [2.75, 3.05) is 11.4 Å². The van der Waals surface area contributed by atoms with Crippen LogP contribution in [0.15, 0.2) is 52.7 Å². The van der Waals surface area contributed by atoms with Crippen LogP contribution in [0.25, 0.3) is 0 Å². The van der Waals surface area contributed by atoms with Crippen molar-refractivity contribution in [1.82, 2.24) is 5.43 Å². The van der Waals surface area contributed by atoms with Crippen LogP contribution in [0.1, 0.15) is 37.0 Å². The lowest BCUT2D eigenvalue weighted by Crippen LogP contribution is -2.39. The Kier molecular flexibility index (Phi) is 5.04. The minimum Gasteiger partial charge on any atom is -0.409 e. The number of halogens is 1. The molecule has 0 aromatic heterocycles. The lowest BCUT2D eigenvalue weighted by Gasteiger charge is -2.33. The van der Waals surface area contributed by atoms with Crippen molar-refractivity contribution >= 4 is 34.2 Å². The van der Waals surface area contributed by atoms with E-state index in [9.17, 15) is 14.4 Å². The van der Waals surface area contributed by atoms with Crippen molar-refractivity contribution in [2.24, 2.45) is 10.3 Å². The van der Waals surface area contributed by atoms with E-state index in [0.717, 1.165) is 35.4 Å². The first kappa shape index (κ1) is 19.4. The number of anilines is 1. The summed E-state index contributed by atoms with van der Waals surface area (Å²) in [7, 11) is 0. The highest BCUT2D eigenvalue weighted by atomic mass is 32.2. The first-order valence-corrected chi connectivity index (χ1v) is 10.2. The number of fused-ring (bicyclic) bond motifs is 1. The zero-order valence-corrected chi connectivity index (χ0v) is 17.0. The van der Waals surface area contributed by atoms with Crippen molar-refractivity contribution in [3.8, 4) is 0 Å². The van der Waals surface area contributed by atoms with Gasteiger partial charge in [0, 0.05) is 17.8 Å². The first-order chi connectivity index (χ1) is 13.9. The Labute approximate surface area is 172 Å². The molecule has 29 heavy (non-hydrogen) atoms. The molecular weight excluding hydrogens is 391 g/mol. The van der Waals surface area contributed by atoms with Crippen LogP contribution in [0.2, 0.25) is 0 Å². The van der Waals surface area contributed by atoms with Gasteiger partial charge in [0.25, 0.3) is 5.24 Å². The number of hydrazone groups is 1. The number of nitrogens with zero attached hydrogens (tertiary/aromatic N) is 3. The zero-order chi connectivity index (χ0) is 20.6. The maximum absolute atomic E-state index is 13.3. The fraction of sp³-hybridized carbons (Fsp3) is 0.286. The Balaban J connectivity index is 1.71. The number of carbonyl (C=O) groups excluding carboxylic acids is 1. The van der Waals surface area contributed by atoms with Gasteiger partial charge in [-0.1, -0.05) is 23.0 Å². The number of hydrogen-bond donors (Lipinski definition) is 2. The molecule has 0 radical (unpaired) electrons. The smallest absolute Gasteiger partial charge is 0.300 e. The Morgan fingerprint density at radius 2 is 2.03 bits per heavy atom. The van der Waals surface area contributed by atoms with Gasteiger partial charge >= 0.3 is 0 Å². The van der Waals surface area contributed by atoms with Gasteiger partial charge in [0.1, 0.15) is 5.82 Å². The van der Waals surface area contributed by atoms with Gasteiger partial charge in [-0.3, -0.25) is 4.79 Å². The van der Waals surface area contributed by atoms with Gasteiger partial charge in [0.15, 0.2) is 5.84 Å². The van der Waals surface area contributed by atoms with E-state index in [0.29, 0.717) is 17.9 Å². The standard InChI is InChI=1S/C21H21FN4O2S/c1-21(2)18(23-24-20(27)29-21)15-7-10-17-14(12-15)4-3-11-26(17)19(25-28)13-5-8-16(22)9-6-13/h5-10,12,28H,3-4,11H2,1-2H3,(H,24,27). The van der Waals surface area contributed by atoms with Crippen LogP contribution < -0.4 is 10.3 Å². The number of nitrogens with one attached hydrogen (secondary N) is 1. The summed E-state index contributed by atoms with van der Waals surface area (Å²) < 4.78 is 12.9. The molecule has 0 bridgehead atoms. The van der Waals surface area contributed by atoms with Gasteiger partial charge < -0.3 is 10.1 Å². The summed E-state index contributed by atoms with van der Waals surface area (Å²) in [6.07, 6.45) is 1.77. The number of carbonyl (C=O) groups is 1. The summed E-state index contributed by atoms with van der Waals surface area (Å²) in [4.78, 5) is 13.6. The lowest BCUT2D eigenvalue weighted by atomic mass is 9.93. The van der Waals surface area contributed by atoms with Crippen LogP contribution in [0.4, 0.5) is 14.9 Å². The van der Waals surface area contributed by atoms with Gasteiger partial charge in [-0.05, 0) is 74.2 Å². The van der Waals surface area contributed by atoms with Crippen molar-refractivity contribution in [2.45, 2.75) is 31.4 Å². The largest absolute Gasteiger partial charge is 0.409 e. The van der Waals surface area contributed by atoms with E-state index in [1.165, 1.54) is 23.9 Å². The Morgan fingerprint density at radius 3 is 2.72 bits per heavy atom. The minimum absolute atomic E-state index is 0.161. The maximum Gasteiger partial charge on any atom is 0.300 e. The summed E-state index contributed by atoms with van der Waals surface area (Å²) in [6.45, 7) is 4.65. The van der Waals surface area contributed by atoms with E-state index in [2.05, 4.69) is 21.7 Å². The third kappa shape index (κ3) is 3.72. The monoisotopic (exact) mass is 412 g/mol. The predicted molar refractivity (Wildman–Crippen MR) is 114 cm³/mol. The van der Waals surface area contributed by atoms with Crippen LogP contribution in [0.3, 0.4) is 0 Å². The van der Waals surface area contributed by atoms with Crippen molar-refractivity contribution in [1.29, 1.82) is 0 Å². The summed E-state index contributed by atoms with van der Waals surface area (Å²) in [5.74, 6) is 0.0485. The van der Waals surface area contributed by atoms with Crippen LogP contribution in [0.5, 0.6) is 0 Å². The quantitative estimate of drug-likeness (QED) is 0.333. The molecule has 1 amide bonds. The summed E-state index contributed by atoms with van der Waals surface area (Å²) >= 11 is 1.22. The van der Waals surface area contributed by atoms with E-state index in [4.69, 9.17) is 0 Å². The second-order valence-electron chi connectivity index (χ2n) is 7.50. The van der Waals surface area contributed by atoms with E-state index in [1.54, 1.807) is 12.1 Å². The molecule has 0 aliphatic carbocycles. The van der Waals surface area contributed by atoms with Crippen LogP contribution >= 0.6 is 11.8 Å². The number of benzene rings is 2. The highest BCUT2D eigenvalue weighted by Crippen LogP contribution is 2.35. The molecule has 2 N–H and O–H groups in total. The average Bonchev–Trinajstić information content (AvgIpc) is 2.69. The molecule has 0 unspecified atom stereocenters. The number of amidine groups is 1. The molecule has 8 heteroatoms. The minimum atomic E-state index is -0.434. The fourth-order valence-electron chi connectivity index (χ4n) is 3.78. The number of rotatable bonds is 2. The first-order valence-electron chi connectivity index (χ1n) is 9.35. The molecule has 0 spiro atoms. The molecule has 0 fully saturated rings. The zero-order valence-electron chi connectivity index (χ0n) is 16.1. The normalized spacial score (nSPS) is 18.7. The number of hydrogen-bond acceptors (Lipinski definition) is 5. The number of aryl methyl sites for hydroxylation is 1. The summed E-state index contributed by atoms with van der Waals surface area (Å²) in [5, 5.41) is 17.3. The van der Waals surface area contributed by atoms with E-state index in [-0.39, 0.29) is 11.1 Å². The van der Waals surface area contributed by atoms with Crippen LogP contribution in [-0.4, -0.2) is 33.3 Å². The molecule has 0 atom stereocenters. The molecule has 0 saturated carbocycles. The highest BCUT2D eigenvalue weighted by molar-refractivity contribution is 8.15. The third-order valence-corrected chi connectivity index (χ3v) is 6.08. The van der Waals surface area contributed by atoms with E-state index in [1.807, 2.05) is 30.9 Å². The van der Waals surface area contributed by atoms with Gasteiger partial charge in [0.05, 0.1) is 10.5 Å². The van der Waals surface area contributed by atoms with Crippen molar-refractivity contribution in [3.05, 3.63) is 65.0 Å². The van der Waals surface area contributed by atoms with E-state index >= 15 is 0 Å². The second kappa shape index (κ2) is 7.51. The molecule has 2 aliphatic rings. The highest BCUT2D eigenvalue weighted by Gasteiger charge is 2.34. The Hall–Kier alpha value is -2.87. The van der Waals surface area contributed by atoms with Gasteiger partial charge in [-0.2, -0.15) is 5.10 Å². The van der Waals surface area contributed by atoms with E-state index < -0.39 is 4.75 Å². The fourth-order valence-corrected chi connectivity index (χ4v) is 4.60. The summed E-state index contributed by atoms with van der Waals surface area (Å²) in [5.41, 5.74) is 7.01. The molecule has 4 rings (SSSR count). The molecule has 150 valence electrons. The van der Waals surface area contributed by atoms with Crippen LogP contribution in [0, 0.1) is 5.82 Å².